The number of carbonyl (C=O) groups is 1. The molecule has 0 aliphatic carbocycles. The summed E-state index contributed by atoms with van der Waals surface area (Å²) in [6.45, 7) is 0. The van der Waals surface area contributed by atoms with Crippen LogP contribution in [-0.4, -0.2) is 38.4 Å². The number of carboxylic acids is 1. The molecule has 1 aromatic carbocycles. The molecule has 1 heterocycles. The van der Waals surface area contributed by atoms with Crippen molar-refractivity contribution in [3.05, 3.63) is 36.2 Å². The highest BCUT2D eigenvalue weighted by atomic mass is 32.2. The molecule has 0 radical (unpaired) electrons. The molecule has 0 saturated heterocycles. The van der Waals surface area contributed by atoms with E-state index in [9.17, 15) is 4.79 Å². The second-order valence-electron chi connectivity index (χ2n) is 4.00. The summed E-state index contributed by atoms with van der Waals surface area (Å²) in [4.78, 5) is 11.8. The van der Waals surface area contributed by atoms with Crippen LogP contribution in [0.25, 0.3) is 5.69 Å². The first-order valence-corrected chi connectivity index (χ1v) is 6.86. The van der Waals surface area contributed by atoms with E-state index in [4.69, 9.17) is 10.8 Å². The van der Waals surface area contributed by atoms with Crippen LogP contribution in [0, 0.1) is 0 Å². The molecular formula is C12H14N4O2S. The summed E-state index contributed by atoms with van der Waals surface area (Å²) in [5.74, 6) is -1.04. The average Bonchev–Trinajstić information content (AvgIpc) is 2.87. The van der Waals surface area contributed by atoms with Gasteiger partial charge in [0, 0.05) is 11.3 Å². The molecule has 1 aromatic heterocycles. The number of nitrogens with two attached hydrogens (primary N) is 1. The summed E-state index contributed by atoms with van der Waals surface area (Å²) in [5.41, 5.74) is 6.89. The van der Waals surface area contributed by atoms with Crippen LogP contribution in [0.15, 0.2) is 35.4 Å². The summed E-state index contributed by atoms with van der Waals surface area (Å²) < 4.78 is 1.61. The van der Waals surface area contributed by atoms with Gasteiger partial charge >= 0.3 is 5.97 Å². The second-order valence-corrected chi connectivity index (χ2v) is 4.88. The molecular weight excluding hydrogens is 264 g/mol. The average molecular weight is 278 g/mol. The van der Waals surface area contributed by atoms with Crippen LogP contribution in [0.1, 0.15) is 5.69 Å². The van der Waals surface area contributed by atoms with Gasteiger partial charge in [-0.25, -0.2) is 4.68 Å². The lowest BCUT2D eigenvalue weighted by Gasteiger charge is -2.02. The lowest BCUT2D eigenvalue weighted by molar-refractivity contribution is -0.138. The fourth-order valence-electron chi connectivity index (χ4n) is 1.57. The van der Waals surface area contributed by atoms with Gasteiger partial charge in [0.2, 0.25) is 0 Å². The van der Waals surface area contributed by atoms with E-state index in [-0.39, 0.29) is 6.42 Å². The Morgan fingerprint density at radius 3 is 2.74 bits per heavy atom. The van der Waals surface area contributed by atoms with Gasteiger partial charge in [0.25, 0.3) is 0 Å². The Kier molecular flexibility index (Phi) is 4.18. The Bertz CT molecular complexity index is 567. The molecule has 0 saturated carbocycles. The lowest BCUT2D eigenvalue weighted by atomic mass is 10.2. The largest absolute Gasteiger partial charge is 0.480 e. The van der Waals surface area contributed by atoms with Crippen LogP contribution in [-0.2, 0) is 11.2 Å². The minimum atomic E-state index is -1.04. The predicted molar refractivity (Wildman–Crippen MR) is 72.5 cm³/mol. The minimum absolute atomic E-state index is 0.165. The fourth-order valence-corrected chi connectivity index (χ4v) is 1.97. The van der Waals surface area contributed by atoms with Gasteiger partial charge in [0.15, 0.2) is 0 Å². The third-order valence-electron chi connectivity index (χ3n) is 2.62. The minimum Gasteiger partial charge on any atom is -0.480 e. The zero-order valence-corrected chi connectivity index (χ0v) is 11.2. The molecule has 6 nitrogen and oxygen atoms in total. The number of hydrogen-bond acceptors (Lipinski definition) is 5. The molecule has 0 aliphatic heterocycles. The smallest absolute Gasteiger partial charge is 0.320 e. The van der Waals surface area contributed by atoms with Crippen molar-refractivity contribution in [1.82, 2.24) is 15.0 Å². The van der Waals surface area contributed by atoms with Crippen LogP contribution in [0.5, 0.6) is 0 Å². The summed E-state index contributed by atoms with van der Waals surface area (Å²) in [7, 11) is 0. The molecule has 1 atom stereocenters. The quantitative estimate of drug-likeness (QED) is 0.791. The van der Waals surface area contributed by atoms with Gasteiger partial charge in [-0.2, -0.15) is 0 Å². The highest BCUT2D eigenvalue weighted by Gasteiger charge is 2.14. The standard InChI is InChI=1S/C12H14N4O2S/c1-19-10-4-2-9(3-5-10)16-7-8(14-15-16)6-11(13)12(17)18/h2-5,7,11H,6,13H2,1H3,(H,17,18). The van der Waals surface area contributed by atoms with Gasteiger partial charge in [-0.3, -0.25) is 4.79 Å². The first kappa shape index (κ1) is 13.6. The number of thioether (sulfide) groups is 1. The summed E-state index contributed by atoms with van der Waals surface area (Å²) >= 11 is 1.66. The predicted octanol–water partition coefficient (Wildman–Crippen LogP) is 0.944. The molecule has 2 aromatic rings. The molecule has 0 fully saturated rings. The molecule has 19 heavy (non-hydrogen) atoms. The van der Waals surface area contributed by atoms with Crippen LogP contribution < -0.4 is 5.73 Å². The van der Waals surface area contributed by atoms with Crippen molar-refractivity contribution >= 4 is 17.7 Å². The molecule has 0 bridgehead atoms. The zero-order chi connectivity index (χ0) is 13.8. The monoisotopic (exact) mass is 278 g/mol. The first-order chi connectivity index (χ1) is 9.10. The molecule has 1 unspecified atom stereocenters. The summed E-state index contributed by atoms with van der Waals surface area (Å²) in [5, 5.41) is 16.6. The zero-order valence-electron chi connectivity index (χ0n) is 10.4. The fraction of sp³-hybridized carbons (Fsp3) is 0.250. The third kappa shape index (κ3) is 3.33. The highest BCUT2D eigenvalue weighted by molar-refractivity contribution is 7.98. The molecule has 2 rings (SSSR count). The highest BCUT2D eigenvalue weighted by Crippen LogP contribution is 2.16. The van der Waals surface area contributed by atoms with Gasteiger partial charge in [-0.05, 0) is 30.5 Å². The first-order valence-electron chi connectivity index (χ1n) is 5.64. The summed E-state index contributed by atoms with van der Waals surface area (Å²) in [6.07, 6.45) is 3.87. The topological polar surface area (TPSA) is 94.0 Å². The SMILES string of the molecule is CSc1ccc(-n2cc(CC(N)C(=O)O)nn2)cc1. The summed E-state index contributed by atoms with van der Waals surface area (Å²) in [6, 6.07) is 6.89. The number of hydrogen-bond donors (Lipinski definition) is 2. The number of nitrogens with zero attached hydrogens (tertiary/aromatic N) is 3. The van der Waals surface area contributed by atoms with Crippen molar-refractivity contribution in [3.63, 3.8) is 0 Å². The van der Waals surface area contributed by atoms with Gasteiger partial charge in [0.05, 0.1) is 17.6 Å². The molecule has 7 heteroatoms. The molecule has 0 amide bonds. The van der Waals surface area contributed by atoms with Crippen molar-refractivity contribution in [3.8, 4) is 5.69 Å². The maximum atomic E-state index is 10.7. The third-order valence-corrected chi connectivity index (χ3v) is 3.37. The van der Waals surface area contributed by atoms with Crippen molar-refractivity contribution in [1.29, 1.82) is 0 Å². The van der Waals surface area contributed by atoms with Crippen LogP contribution in [0.3, 0.4) is 0 Å². The van der Waals surface area contributed by atoms with Crippen LogP contribution in [0.4, 0.5) is 0 Å². The Labute approximate surface area is 114 Å². The van der Waals surface area contributed by atoms with E-state index >= 15 is 0 Å². The Morgan fingerprint density at radius 2 is 2.16 bits per heavy atom. The van der Waals surface area contributed by atoms with Crippen molar-refractivity contribution in [2.45, 2.75) is 17.4 Å². The van der Waals surface area contributed by atoms with Gasteiger partial charge in [0.1, 0.15) is 6.04 Å². The molecule has 0 aliphatic rings. The molecule has 0 spiro atoms. The maximum absolute atomic E-state index is 10.7. The van der Waals surface area contributed by atoms with Crippen molar-refractivity contribution in [2.24, 2.45) is 5.73 Å². The Morgan fingerprint density at radius 1 is 1.47 bits per heavy atom. The second kappa shape index (κ2) is 5.85. The lowest BCUT2D eigenvalue weighted by Crippen LogP contribution is -2.32. The van der Waals surface area contributed by atoms with Crippen LogP contribution >= 0.6 is 11.8 Å². The van der Waals surface area contributed by atoms with Crippen molar-refractivity contribution < 1.29 is 9.90 Å². The maximum Gasteiger partial charge on any atom is 0.320 e. The van der Waals surface area contributed by atoms with E-state index in [0.29, 0.717) is 5.69 Å². The number of rotatable bonds is 5. The molecule has 100 valence electrons. The van der Waals surface area contributed by atoms with Gasteiger partial charge in [-0.15, -0.1) is 16.9 Å². The van der Waals surface area contributed by atoms with E-state index in [1.165, 1.54) is 0 Å². The van der Waals surface area contributed by atoms with Gasteiger partial charge in [-0.1, -0.05) is 5.21 Å². The number of aliphatic carboxylic acids is 1. The Balaban J connectivity index is 2.13. The number of benzene rings is 1. The van der Waals surface area contributed by atoms with Gasteiger partial charge < -0.3 is 10.8 Å². The molecule has 3 N–H and O–H groups in total. The Hall–Kier alpha value is -1.86. The number of aromatic nitrogens is 3. The van der Waals surface area contributed by atoms with E-state index < -0.39 is 12.0 Å². The van der Waals surface area contributed by atoms with E-state index in [1.807, 2.05) is 30.5 Å². The van der Waals surface area contributed by atoms with Crippen molar-refractivity contribution in [2.75, 3.05) is 6.26 Å². The van der Waals surface area contributed by atoms with E-state index in [1.54, 1.807) is 22.6 Å². The van der Waals surface area contributed by atoms with Crippen LogP contribution in [0.2, 0.25) is 0 Å². The normalized spacial score (nSPS) is 12.3. The van der Waals surface area contributed by atoms with E-state index in [0.717, 1.165) is 10.6 Å². The van der Waals surface area contributed by atoms with E-state index in [2.05, 4.69) is 10.3 Å². The number of carboxylic acid groups (broad SMARTS) is 1.